The van der Waals surface area contributed by atoms with Gasteiger partial charge in [0.25, 0.3) is 0 Å². The van der Waals surface area contributed by atoms with Gasteiger partial charge in [0.2, 0.25) is 17.7 Å². The number of carbonyl (C=O) groups excluding carboxylic acids is 3. The van der Waals surface area contributed by atoms with Gasteiger partial charge in [-0.2, -0.15) is 0 Å². The SMILES string of the molecule is CCOc1ccc(NC(=O)CC(=O)N2C[C@@H](N)C[C@H]2C(=O)NC)cc1. The highest BCUT2D eigenvalue weighted by molar-refractivity contribution is 6.04. The summed E-state index contributed by atoms with van der Waals surface area (Å²) in [5, 5.41) is 5.18. The first-order chi connectivity index (χ1) is 11.9. The molecule has 0 bridgehead atoms. The van der Waals surface area contributed by atoms with E-state index in [4.69, 9.17) is 10.5 Å². The van der Waals surface area contributed by atoms with Crippen molar-refractivity contribution in [3.8, 4) is 5.75 Å². The number of likely N-dealkylation sites (N-methyl/N-ethyl adjacent to an activating group) is 1. The molecule has 1 aliphatic rings. The quantitative estimate of drug-likeness (QED) is 0.631. The maximum atomic E-state index is 12.4. The number of nitrogens with one attached hydrogen (secondary N) is 2. The fourth-order valence-electron chi connectivity index (χ4n) is 2.80. The third-order valence-corrected chi connectivity index (χ3v) is 3.96. The molecule has 0 unspecified atom stereocenters. The molecule has 1 saturated heterocycles. The lowest BCUT2D eigenvalue weighted by Crippen LogP contribution is -2.45. The lowest BCUT2D eigenvalue weighted by atomic mass is 10.1. The van der Waals surface area contributed by atoms with Crippen LogP contribution in [0.15, 0.2) is 24.3 Å². The largest absolute Gasteiger partial charge is 0.494 e. The van der Waals surface area contributed by atoms with Gasteiger partial charge in [-0.25, -0.2) is 0 Å². The number of hydrogen-bond donors (Lipinski definition) is 3. The maximum Gasteiger partial charge on any atom is 0.242 e. The van der Waals surface area contributed by atoms with E-state index in [0.717, 1.165) is 0 Å². The van der Waals surface area contributed by atoms with Crippen LogP contribution in [0.2, 0.25) is 0 Å². The zero-order valence-electron chi connectivity index (χ0n) is 14.5. The Labute approximate surface area is 146 Å². The molecule has 0 spiro atoms. The van der Waals surface area contributed by atoms with Crippen LogP contribution in [-0.2, 0) is 14.4 Å². The number of nitrogens with zero attached hydrogens (tertiary/aromatic N) is 1. The Bertz CT molecular complexity index is 632. The van der Waals surface area contributed by atoms with Gasteiger partial charge in [-0.05, 0) is 37.6 Å². The molecule has 0 saturated carbocycles. The predicted octanol–water partition coefficient (Wildman–Crippen LogP) is 0.0881. The fraction of sp³-hybridized carbons (Fsp3) is 0.471. The van der Waals surface area contributed by atoms with Crippen molar-refractivity contribution in [1.29, 1.82) is 0 Å². The minimum atomic E-state index is -0.620. The number of carbonyl (C=O) groups is 3. The van der Waals surface area contributed by atoms with E-state index in [1.807, 2.05) is 6.92 Å². The van der Waals surface area contributed by atoms with Crippen molar-refractivity contribution in [3.63, 3.8) is 0 Å². The van der Waals surface area contributed by atoms with E-state index in [2.05, 4.69) is 10.6 Å². The van der Waals surface area contributed by atoms with Gasteiger partial charge in [-0.3, -0.25) is 14.4 Å². The Balaban J connectivity index is 1.92. The first-order valence-corrected chi connectivity index (χ1v) is 8.24. The number of nitrogens with two attached hydrogens (primary N) is 1. The lowest BCUT2D eigenvalue weighted by Gasteiger charge is -2.23. The Kier molecular flexibility index (Phi) is 6.35. The van der Waals surface area contributed by atoms with Crippen LogP contribution in [0.5, 0.6) is 5.75 Å². The Morgan fingerprint density at radius 3 is 2.56 bits per heavy atom. The number of ether oxygens (including phenoxy) is 1. The molecule has 4 N–H and O–H groups in total. The van der Waals surface area contributed by atoms with Gasteiger partial charge in [-0.1, -0.05) is 0 Å². The molecule has 1 heterocycles. The molecule has 136 valence electrons. The second-order valence-electron chi connectivity index (χ2n) is 5.85. The zero-order valence-corrected chi connectivity index (χ0v) is 14.5. The van der Waals surface area contributed by atoms with Crippen LogP contribution in [0.1, 0.15) is 19.8 Å². The van der Waals surface area contributed by atoms with Gasteiger partial charge in [-0.15, -0.1) is 0 Å². The number of hydrogen-bond acceptors (Lipinski definition) is 5. The first-order valence-electron chi connectivity index (χ1n) is 8.24. The number of likely N-dealkylation sites (tertiary alicyclic amines) is 1. The predicted molar refractivity (Wildman–Crippen MR) is 93.0 cm³/mol. The van der Waals surface area contributed by atoms with Gasteiger partial charge >= 0.3 is 0 Å². The van der Waals surface area contributed by atoms with Gasteiger partial charge in [0.15, 0.2) is 0 Å². The van der Waals surface area contributed by atoms with E-state index in [0.29, 0.717) is 24.5 Å². The van der Waals surface area contributed by atoms with E-state index < -0.39 is 17.9 Å². The Morgan fingerprint density at radius 2 is 1.96 bits per heavy atom. The van der Waals surface area contributed by atoms with Crippen molar-refractivity contribution in [2.75, 3.05) is 25.5 Å². The third kappa shape index (κ3) is 4.93. The number of anilines is 1. The molecule has 1 aliphatic heterocycles. The molecule has 1 aromatic rings. The number of amides is 3. The first kappa shape index (κ1) is 18.7. The summed E-state index contributed by atoms with van der Waals surface area (Å²) in [7, 11) is 1.51. The van der Waals surface area contributed by atoms with Crippen LogP contribution in [0.4, 0.5) is 5.69 Å². The summed E-state index contributed by atoms with van der Waals surface area (Å²) in [6.45, 7) is 2.72. The second kappa shape index (κ2) is 8.48. The monoisotopic (exact) mass is 348 g/mol. The Hall–Kier alpha value is -2.61. The average molecular weight is 348 g/mol. The van der Waals surface area contributed by atoms with Crippen LogP contribution in [0.25, 0.3) is 0 Å². The highest BCUT2D eigenvalue weighted by Gasteiger charge is 2.38. The van der Waals surface area contributed by atoms with Crippen molar-refractivity contribution in [3.05, 3.63) is 24.3 Å². The minimum Gasteiger partial charge on any atom is -0.494 e. The summed E-state index contributed by atoms with van der Waals surface area (Å²) < 4.78 is 5.33. The number of rotatable bonds is 6. The molecule has 1 fully saturated rings. The van der Waals surface area contributed by atoms with Crippen LogP contribution < -0.4 is 21.1 Å². The summed E-state index contributed by atoms with van der Waals surface area (Å²) in [5.74, 6) is -0.417. The van der Waals surface area contributed by atoms with E-state index in [-0.39, 0.29) is 24.9 Å². The molecule has 2 atom stereocenters. The molecule has 8 nitrogen and oxygen atoms in total. The summed E-state index contributed by atoms with van der Waals surface area (Å²) in [6, 6.07) is 5.99. The molecule has 2 rings (SSSR count). The van der Waals surface area contributed by atoms with Gasteiger partial charge < -0.3 is 26.0 Å². The van der Waals surface area contributed by atoms with Gasteiger partial charge in [0.1, 0.15) is 18.2 Å². The summed E-state index contributed by atoms with van der Waals surface area (Å²) >= 11 is 0. The molecule has 3 amide bonds. The number of benzene rings is 1. The van der Waals surface area contributed by atoms with Crippen LogP contribution in [-0.4, -0.2) is 54.9 Å². The van der Waals surface area contributed by atoms with Crippen molar-refractivity contribution in [1.82, 2.24) is 10.2 Å². The van der Waals surface area contributed by atoms with Gasteiger partial charge in [0, 0.05) is 25.3 Å². The maximum absolute atomic E-state index is 12.4. The molecule has 8 heteroatoms. The van der Waals surface area contributed by atoms with E-state index in [9.17, 15) is 14.4 Å². The topological polar surface area (TPSA) is 114 Å². The van der Waals surface area contributed by atoms with Crippen LogP contribution in [0.3, 0.4) is 0 Å². The Morgan fingerprint density at radius 1 is 1.28 bits per heavy atom. The smallest absolute Gasteiger partial charge is 0.242 e. The summed E-state index contributed by atoms with van der Waals surface area (Å²) in [5.41, 5.74) is 6.42. The highest BCUT2D eigenvalue weighted by Crippen LogP contribution is 2.19. The van der Waals surface area contributed by atoms with Crippen LogP contribution in [0, 0.1) is 0 Å². The molecule has 25 heavy (non-hydrogen) atoms. The van der Waals surface area contributed by atoms with Crippen molar-refractivity contribution >= 4 is 23.4 Å². The average Bonchev–Trinajstić information content (AvgIpc) is 2.98. The third-order valence-electron chi connectivity index (χ3n) is 3.96. The molecule has 0 radical (unpaired) electrons. The zero-order chi connectivity index (χ0) is 18.4. The van der Waals surface area contributed by atoms with E-state index in [1.165, 1.54) is 11.9 Å². The summed E-state index contributed by atoms with van der Waals surface area (Å²) in [6.07, 6.45) is 0.0549. The van der Waals surface area contributed by atoms with Gasteiger partial charge in [0.05, 0.1) is 6.61 Å². The minimum absolute atomic E-state index is 0.263. The van der Waals surface area contributed by atoms with Crippen molar-refractivity contribution < 1.29 is 19.1 Å². The second-order valence-corrected chi connectivity index (χ2v) is 5.85. The normalized spacial score (nSPS) is 19.4. The molecule has 0 aromatic heterocycles. The van der Waals surface area contributed by atoms with Crippen molar-refractivity contribution in [2.45, 2.75) is 31.8 Å². The standard InChI is InChI=1S/C17H24N4O4/c1-3-25-13-6-4-12(5-7-13)20-15(22)9-16(23)21-10-11(18)8-14(21)17(24)19-2/h4-7,11,14H,3,8-10,18H2,1-2H3,(H,19,24)(H,20,22)/t11-,14-/m0/s1. The van der Waals surface area contributed by atoms with E-state index in [1.54, 1.807) is 24.3 Å². The highest BCUT2D eigenvalue weighted by atomic mass is 16.5. The fourth-order valence-corrected chi connectivity index (χ4v) is 2.80. The molecule has 0 aliphatic carbocycles. The van der Waals surface area contributed by atoms with E-state index >= 15 is 0 Å². The molecule has 1 aromatic carbocycles. The molecular formula is C17H24N4O4. The molecular weight excluding hydrogens is 324 g/mol. The summed E-state index contributed by atoms with van der Waals surface area (Å²) in [4.78, 5) is 37.7. The van der Waals surface area contributed by atoms with Crippen molar-refractivity contribution in [2.24, 2.45) is 5.73 Å². The lowest BCUT2D eigenvalue weighted by molar-refractivity contribution is -0.140. The van der Waals surface area contributed by atoms with Crippen LogP contribution >= 0.6 is 0 Å².